The summed E-state index contributed by atoms with van der Waals surface area (Å²) < 4.78 is 13.9. The molecule has 26 heavy (non-hydrogen) atoms. The zero-order chi connectivity index (χ0) is 18.7. The Labute approximate surface area is 157 Å². The van der Waals surface area contributed by atoms with Crippen LogP contribution >= 0.6 is 23.4 Å². The molecule has 0 atom stereocenters. The highest BCUT2D eigenvalue weighted by atomic mass is 35.5. The predicted octanol–water partition coefficient (Wildman–Crippen LogP) is 4.15. The minimum atomic E-state index is -0.664. The van der Waals surface area contributed by atoms with Gasteiger partial charge in [0.15, 0.2) is 0 Å². The second-order valence-electron chi connectivity index (χ2n) is 5.32. The van der Waals surface area contributed by atoms with E-state index in [0.717, 1.165) is 4.90 Å². The van der Waals surface area contributed by atoms with E-state index in [2.05, 4.69) is 5.32 Å². The number of anilines is 1. The second kappa shape index (κ2) is 7.72. The van der Waals surface area contributed by atoms with E-state index in [4.69, 9.17) is 11.6 Å². The van der Waals surface area contributed by atoms with Crippen molar-refractivity contribution in [1.82, 2.24) is 4.90 Å². The average molecular weight is 391 g/mol. The van der Waals surface area contributed by atoms with Gasteiger partial charge < -0.3 is 5.32 Å². The van der Waals surface area contributed by atoms with Crippen LogP contribution in [0.2, 0.25) is 5.02 Å². The third-order valence-corrected chi connectivity index (χ3v) is 4.74. The van der Waals surface area contributed by atoms with E-state index in [0.29, 0.717) is 17.4 Å². The SMILES string of the molecule is O=C(CN1C(=O)S/C(=C\c2c(F)cccc2Cl)C1=O)Nc1ccccc1. The summed E-state index contributed by atoms with van der Waals surface area (Å²) in [6, 6.07) is 12.8. The number of halogens is 2. The number of carbonyl (C=O) groups excluding carboxylic acids is 3. The zero-order valence-electron chi connectivity index (χ0n) is 13.2. The van der Waals surface area contributed by atoms with Crippen LogP contribution in [0, 0.1) is 5.82 Å². The first-order valence-electron chi connectivity index (χ1n) is 7.50. The summed E-state index contributed by atoms with van der Waals surface area (Å²) in [6.45, 7) is -0.429. The molecule has 132 valence electrons. The maximum atomic E-state index is 13.9. The van der Waals surface area contributed by atoms with Crippen LogP contribution in [0.4, 0.5) is 14.9 Å². The molecule has 8 heteroatoms. The number of hydrogen-bond acceptors (Lipinski definition) is 4. The highest BCUT2D eigenvalue weighted by Crippen LogP contribution is 2.34. The van der Waals surface area contributed by atoms with Crippen molar-refractivity contribution in [3.63, 3.8) is 0 Å². The summed E-state index contributed by atoms with van der Waals surface area (Å²) in [6.07, 6.45) is 1.22. The molecule has 0 spiro atoms. The number of amides is 3. The van der Waals surface area contributed by atoms with Crippen molar-refractivity contribution in [3.8, 4) is 0 Å². The molecule has 1 fully saturated rings. The summed E-state index contributed by atoms with van der Waals surface area (Å²) in [4.78, 5) is 37.3. The molecule has 1 heterocycles. The van der Waals surface area contributed by atoms with Crippen molar-refractivity contribution in [1.29, 1.82) is 0 Å². The standard InChI is InChI=1S/C18H12ClFN2O3S/c19-13-7-4-8-14(20)12(13)9-15-17(24)22(18(25)26-15)10-16(23)21-11-5-2-1-3-6-11/h1-9H,10H2,(H,21,23)/b15-9-. The Balaban J connectivity index is 1.75. The number of nitrogens with one attached hydrogen (secondary N) is 1. The number of imide groups is 1. The average Bonchev–Trinajstić information content (AvgIpc) is 2.86. The van der Waals surface area contributed by atoms with Crippen LogP contribution < -0.4 is 5.32 Å². The summed E-state index contributed by atoms with van der Waals surface area (Å²) in [5, 5.41) is 2.12. The molecule has 0 aliphatic carbocycles. The van der Waals surface area contributed by atoms with Crippen LogP contribution in [0.1, 0.15) is 5.56 Å². The fraction of sp³-hybridized carbons (Fsp3) is 0.0556. The maximum Gasteiger partial charge on any atom is 0.294 e. The summed E-state index contributed by atoms with van der Waals surface area (Å²) >= 11 is 6.57. The Morgan fingerprint density at radius 2 is 1.88 bits per heavy atom. The normalized spacial score (nSPS) is 15.6. The smallest absolute Gasteiger partial charge is 0.294 e. The van der Waals surface area contributed by atoms with Gasteiger partial charge in [-0.2, -0.15) is 0 Å². The van der Waals surface area contributed by atoms with Crippen molar-refractivity contribution in [3.05, 3.63) is 69.8 Å². The van der Waals surface area contributed by atoms with E-state index < -0.39 is 29.4 Å². The van der Waals surface area contributed by atoms with Crippen LogP contribution in [-0.2, 0) is 9.59 Å². The number of carbonyl (C=O) groups is 3. The minimum Gasteiger partial charge on any atom is -0.325 e. The lowest BCUT2D eigenvalue weighted by molar-refractivity contribution is -0.127. The van der Waals surface area contributed by atoms with Crippen molar-refractivity contribution >= 4 is 52.2 Å². The molecule has 1 N–H and O–H groups in total. The van der Waals surface area contributed by atoms with Crippen LogP contribution in [0.25, 0.3) is 6.08 Å². The molecular formula is C18H12ClFN2O3S. The number of rotatable bonds is 4. The number of thioether (sulfide) groups is 1. The monoisotopic (exact) mass is 390 g/mol. The van der Waals surface area contributed by atoms with Gasteiger partial charge in [0.25, 0.3) is 11.1 Å². The van der Waals surface area contributed by atoms with Crippen molar-refractivity contribution < 1.29 is 18.8 Å². The van der Waals surface area contributed by atoms with Gasteiger partial charge in [0.1, 0.15) is 12.4 Å². The first-order chi connectivity index (χ1) is 12.5. The molecule has 1 saturated heterocycles. The van der Waals surface area contributed by atoms with Gasteiger partial charge in [0, 0.05) is 11.3 Å². The van der Waals surface area contributed by atoms with Crippen LogP contribution in [0.15, 0.2) is 53.4 Å². The van der Waals surface area contributed by atoms with Gasteiger partial charge in [-0.25, -0.2) is 4.39 Å². The van der Waals surface area contributed by atoms with Gasteiger partial charge in [0.05, 0.1) is 9.93 Å². The summed E-state index contributed by atoms with van der Waals surface area (Å²) in [5.74, 6) is -1.78. The van der Waals surface area contributed by atoms with E-state index in [1.165, 1.54) is 24.3 Å². The molecule has 5 nitrogen and oxygen atoms in total. The number of nitrogens with zero attached hydrogens (tertiary/aromatic N) is 1. The van der Waals surface area contributed by atoms with E-state index >= 15 is 0 Å². The quantitative estimate of drug-likeness (QED) is 0.796. The molecule has 3 rings (SSSR count). The summed E-state index contributed by atoms with van der Waals surface area (Å²) in [7, 11) is 0. The third kappa shape index (κ3) is 3.95. The number of hydrogen-bond donors (Lipinski definition) is 1. The molecule has 2 aromatic rings. The first-order valence-corrected chi connectivity index (χ1v) is 8.69. The van der Waals surface area contributed by atoms with Crippen molar-refractivity contribution in [2.45, 2.75) is 0 Å². The number of para-hydroxylation sites is 1. The van der Waals surface area contributed by atoms with Gasteiger partial charge in [-0.3, -0.25) is 19.3 Å². The van der Waals surface area contributed by atoms with Crippen molar-refractivity contribution in [2.75, 3.05) is 11.9 Å². The molecule has 2 aromatic carbocycles. The Bertz CT molecular complexity index is 898. The molecule has 3 amide bonds. The highest BCUT2D eigenvalue weighted by molar-refractivity contribution is 8.18. The van der Waals surface area contributed by atoms with Crippen LogP contribution in [0.5, 0.6) is 0 Å². The number of benzene rings is 2. The van der Waals surface area contributed by atoms with E-state index in [9.17, 15) is 18.8 Å². The van der Waals surface area contributed by atoms with Gasteiger partial charge in [0.2, 0.25) is 5.91 Å². The Morgan fingerprint density at radius 3 is 2.58 bits per heavy atom. The molecular weight excluding hydrogens is 379 g/mol. The molecule has 1 aliphatic rings. The van der Waals surface area contributed by atoms with Gasteiger partial charge >= 0.3 is 0 Å². The Morgan fingerprint density at radius 1 is 1.15 bits per heavy atom. The van der Waals surface area contributed by atoms with Gasteiger partial charge in [-0.05, 0) is 42.1 Å². The molecule has 0 unspecified atom stereocenters. The molecule has 0 bridgehead atoms. The lowest BCUT2D eigenvalue weighted by Crippen LogP contribution is -2.36. The third-order valence-electron chi connectivity index (χ3n) is 3.51. The molecule has 0 saturated carbocycles. The lowest BCUT2D eigenvalue weighted by atomic mass is 10.2. The van der Waals surface area contributed by atoms with E-state index in [1.54, 1.807) is 30.3 Å². The lowest BCUT2D eigenvalue weighted by Gasteiger charge is -2.12. The molecule has 0 radical (unpaired) electrons. The Kier molecular flexibility index (Phi) is 5.39. The first kappa shape index (κ1) is 18.2. The van der Waals surface area contributed by atoms with Crippen molar-refractivity contribution in [2.24, 2.45) is 0 Å². The predicted molar refractivity (Wildman–Crippen MR) is 99.2 cm³/mol. The molecule has 0 aromatic heterocycles. The van der Waals surface area contributed by atoms with Crippen LogP contribution in [-0.4, -0.2) is 28.5 Å². The van der Waals surface area contributed by atoms with Crippen LogP contribution in [0.3, 0.4) is 0 Å². The largest absolute Gasteiger partial charge is 0.325 e. The highest BCUT2D eigenvalue weighted by Gasteiger charge is 2.36. The minimum absolute atomic E-state index is 0.00881. The fourth-order valence-corrected chi connectivity index (χ4v) is 3.32. The van der Waals surface area contributed by atoms with E-state index in [1.807, 2.05) is 0 Å². The molecule has 1 aliphatic heterocycles. The summed E-state index contributed by atoms with van der Waals surface area (Å²) in [5.41, 5.74) is 0.576. The van der Waals surface area contributed by atoms with Gasteiger partial charge in [-0.15, -0.1) is 0 Å². The fourth-order valence-electron chi connectivity index (χ4n) is 2.28. The Hall–Kier alpha value is -2.64. The maximum absolute atomic E-state index is 13.9. The van der Waals surface area contributed by atoms with Gasteiger partial charge in [-0.1, -0.05) is 35.9 Å². The zero-order valence-corrected chi connectivity index (χ0v) is 14.8. The topological polar surface area (TPSA) is 66.5 Å². The van der Waals surface area contributed by atoms with E-state index in [-0.39, 0.29) is 15.5 Å². The second-order valence-corrected chi connectivity index (χ2v) is 6.72.